The molecule has 0 aliphatic carbocycles. The first-order valence-electron chi connectivity index (χ1n) is 6.71. The molecule has 0 fully saturated rings. The topological polar surface area (TPSA) is 102 Å². The van der Waals surface area contributed by atoms with Crippen molar-refractivity contribution >= 4 is 62.1 Å². The van der Waals surface area contributed by atoms with E-state index in [9.17, 15) is 18.0 Å². The van der Waals surface area contributed by atoms with Crippen molar-refractivity contribution in [1.29, 1.82) is 0 Å². The molecule has 0 saturated carbocycles. The number of amides is 1. The monoisotopic (exact) mass is 422 g/mol. The fraction of sp³-hybridized carbons (Fsp3) is 0.143. The van der Waals surface area contributed by atoms with E-state index in [-0.39, 0.29) is 14.9 Å². The Morgan fingerprint density at radius 1 is 1.20 bits per heavy atom. The van der Waals surface area contributed by atoms with Gasteiger partial charge in [-0.05, 0) is 29.6 Å². The standard InChI is InChI=1S/C14H12Cl2N2O5S2/c15-9-3-4-10(16)11(6-9)18-12(19)8-23-13(20)7-17-25(21,22)14-2-1-5-24-14/h1-6,17H,7-8H2,(H,18,19). The molecule has 2 rings (SSSR count). The van der Waals surface area contributed by atoms with Crippen molar-refractivity contribution in [2.45, 2.75) is 4.21 Å². The summed E-state index contributed by atoms with van der Waals surface area (Å²) < 4.78 is 30.5. The maximum atomic E-state index is 11.8. The molecule has 1 heterocycles. The Labute approximate surface area is 157 Å². The Hall–Kier alpha value is -1.65. The molecule has 2 aromatic rings. The van der Waals surface area contributed by atoms with Gasteiger partial charge in [-0.3, -0.25) is 9.59 Å². The lowest BCUT2D eigenvalue weighted by atomic mass is 10.3. The lowest BCUT2D eigenvalue weighted by Gasteiger charge is -2.09. The smallest absolute Gasteiger partial charge is 0.321 e. The lowest BCUT2D eigenvalue weighted by Crippen LogP contribution is -2.32. The SMILES string of the molecule is O=C(COC(=O)CNS(=O)(=O)c1cccs1)Nc1cc(Cl)ccc1Cl. The maximum absolute atomic E-state index is 11.8. The second-order valence-electron chi connectivity index (χ2n) is 4.59. The van der Waals surface area contributed by atoms with Crippen LogP contribution in [-0.2, 0) is 24.3 Å². The number of esters is 1. The van der Waals surface area contributed by atoms with Crippen molar-refractivity contribution in [3.63, 3.8) is 0 Å². The Kier molecular flexibility index (Phi) is 6.79. The molecule has 0 saturated heterocycles. The molecule has 0 radical (unpaired) electrons. The van der Waals surface area contributed by atoms with Gasteiger partial charge in [-0.15, -0.1) is 11.3 Å². The fourth-order valence-corrected chi connectivity index (χ4v) is 3.96. The van der Waals surface area contributed by atoms with E-state index in [1.54, 1.807) is 17.5 Å². The van der Waals surface area contributed by atoms with Crippen LogP contribution < -0.4 is 10.0 Å². The number of hydrogen-bond donors (Lipinski definition) is 2. The zero-order chi connectivity index (χ0) is 18.4. The molecule has 0 atom stereocenters. The van der Waals surface area contributed by atoms with Gasteiger partial charge in [0.25, 0.3) is 15.9 Å². The Morgan fingerprint density at radius 3 is 2.64 bits per heavy atom. The molecule has 134 valence electrons. The quantitative estimate of drug-likeness (QED) is 0.667. The van der Waals surface area contributed by atoms with Gasteiger partial charge in [0.05, 0.1) is 10.7 Å². The lowest BCUT2D eigenvalue weighted by molar-refractivity contribution is -0.146. The fourth-order valence-electron chi connectivity index (χ4n) is 1.62. The van der Waals surface area contributed by atoms with E-state index in [1.165, 1.54) is 18.2 Å². The summed E-state index contributed by atoms with van der Waals surface area (Å²) in [5.74, 6) is -1.54. The van der Waals surface area contributed by atoms with E-state index in [0.717, 1.165) is 11.3 Å². The van der Waals surface area contributed by atoms with Crippen LogP contribution in [-0.4, -0.2) is 33.4 Å². The number of benzene rings is 1. The molecule has 7 nitrogen and oxygen atoms in total. The zero-order valence-electron chi connectivity index (χ0n) is 12.5. The summed E-state index contributed by atoms with van der Waals surface area (Å²) in [5, 5.41) is 4.67. The summed E-state index contributed by atoms with van der Waals surface area (Å²) in [7, 11) is -3.77. The predicted molar refractivity (Wildman–Crippen MR) is 95.6 cm³/mol. The maximum Gasteiger partial charge on any atom is 0.321 e. The first-order chi connectivity index (χ1) is 11.8. The van der Waals surface area contributed by atoms with Crippen LogP contribution in [0.25, 0.3) is 0 Å². The second kappa shape index (κ2) is 8.63. The molecule has 0 spiro atoms. The summed E-state index contributed by atoms with van der Waals surface area (Å²) in [6, 6.07) is 7.48. The molecular weight excluding hydrogens is 411 g/mol. The van der Waals surface area contributed by atoms with Gasteiger partial charge >= 0.3 is 5.97 Å². The second-order valence-corrected chi connectivity index (χ2v) is 8.37. The highest BCUT2D eigenvalue weighted by molar-refractivity contribution is 7.91. The molecule has 11 heteroatoms. The van der Waals surface area contributed by atoms with E-state index in [1.807, 2.05) is 0 Å². The number of carbonyl (C=O) groups excluding carboxylic acids is 2. The number of thiophene rings is 1. The van der Waals surface area contributed by atoms with Crippen LogP contribution in [0.5, 0.6) is 0 Å². The van der Waals surface area contributed by atoms with Crippen LogP contribution in [0.4, 0.5) is 5.69 Å². The van der Waals surface area contributed by atoms with Crippen molar-refractivity contribution < 1.29 is 22.7 Å². The molecule has 0 aliphatic heterocycles. The van der Waals surface area contributed by atoms with E-state index in [4.69, 9.17) is 27.9 Å². The highest BCUT2D eigenvalue weighted by atomic mass is 35.5. The van der Waals surface area contributed by atoms with E-state index < -0.39 is 35.1 Å². The molecule has 2 N–H and O–H groups in total. The Balaban J connectivity index is 1.80. The van der Waals surface area contributed by atoms with Gasteiger partial charge < -0.3 is 10.1 Å². The summed E-state index contributed by atoms with van der Waals surface area (Å²) in [4.78, 5) is 23.3. The molecule has 0 unspecified atom stereocenters. The average Bonchev–Trinajstić information content (AvgIpc) is 3.10. The van der Waals surface area contributed by atoms with Crippen LogP contribution >= 0.6 is 34.5 Å². The van der Waals surface area contributed by atoms with Gasteiger partial charge in [-0.1, -0.05) is 29.3 Å². The highest BCUT2D eigenvalue weighted by Gasteiger charge is 2.17. The number of carbonyl (C=O) groups is 2. The van der Waals surface area contributed by atoms with Gasteiger partial charge in [0.2, 0.25) is 0 Å². The number of hydrogen-bond acceptors (Lipinski definition) is 6. The summed E-state index contributed by atoms with van der Waals surface area (Å²) in [6.45, 7) is -1.19. The van der Waals surface area contributed by atoms with Crippen molar-refractivity contribution in [3.05, 3.63) is 45.8 Å². The third-order valence-electron chi connectivity index (χ3n) is 2.73. The minimum absolute atomic E-state index is 0.0774. The third-order valence-corrected chi connectivity index (χ3v) is 6.10. The zero-order valence-corrected chi connectivity index (χ0v) is 15.6. The average molecular weight is 423 g/mol. The number of halogens is 2. The normalized spacial score (nSPS) is 11.1. The first kappa shape index (κ1) is 19.7. The van der Waals surface area contributed by atoms with Crippen LogP contribution in [0, 0.1) is 0 Å². The number of sulfonamides is 1. The van der Waals surface area contributed by atoms with Gasteiger partial charge in [0, 0.05) is 5.02 Å². The minimum atomic E-state index is -3.77. The summed E-state index contributed by atoms with van der Waals surface area (Å²) >= 11 is 12.7. The van der Waals surface area contributed by atoms with Crippen LogP contribution in [0.15, 0.2) is 39.9 Å². The van der Waals surface area contributed by atoms with E-state index in [2.05, 4.69) is 10.0 Å². The number of ether oxygens (including phenoxy) is 1. The van der Waals surface area contributed by atoms with Gasteiger partial charge in [-0.2, -0.15) is 4.72 Å². The molecule has 1 amide bonds. The van der Waals surface area contributed by atoms with Gasteiger partial charge in [0.1, 0.15) is 10.8 Å². The van der Waals surface area contributed by atoms with Gasteiger partial charge in [0.15, 0.2) is 6.61 Å². The molecular formula is C14H12Cl2N2O5S2. The summed E-state index contributed by atoms with van der Waals surface area (Å²) in [5.41, 5.74) is 0.272. The van der Waals surface area contributed by atoms with Crippen molar-refractivity contribution in [3.8, 4) is 0 Å². The van der Waals surface area contributed by atoms with E-state index >= 15 is 0 Å². The van der Waals surface area contributed by atoms with Crippen molar-refractivity contribution in [2.24, 2.45) is 0 Å². The van der Waals surface area contributed by atoms with E-state index in [0.29, 0.717) is 5.02 Å². The molecule has 25 heavy (non-hydrogen) atoms. The van der Waals surface area contributed by atoms with Crippen molar-refractivity contribution in [1.82, 2.24) is 4.72 Å². The number of anilines is 1. The molecule has 0 bridgehead atoms. The largest absolute Gasteiger partial charge is 0.455 e. The Bertz CT molecular complexity index is 869. The molecule has 1 aromatic carbocycles. The van der Waals surface area contributed by atoms with Crippen LogP contribution in [0.1, 0.15) is 0 Å². The first-order valence-corrected chi connectivity index (χ1v) is 9.83. The molecule has 0 aliphatic rings. The minimum Gasteiger partial charge on any atom is -0.455 e. The van der Waals surface area contributed by atoms with Gasteiger partial charge in [-0.25, -0.2) is 8.42 Å². The third kappa shape index (κ3) is 5.98. The Morgan fingerprint density at radius 2 is 1.96 bits per heavy atom. The number of rotatable bonds is 7. The number of nitrogens with one attached hydrogen (secondary N) is 2. The molecule has 1 aromatic heterocycles. The highest BCUT2D eigenvalue weighted by Crippen LogP contribution is 2.25. The summed E-state index contributed by atoms with van der Waals surface area (Å²) in [6.07, 6.45) is 0. The van der Waals surface area contributed by atoms with Crippen LogP contribution in [0.3, 0.4) is 0 Å². The van der Waals surface area contributed by atoms with Crippen LogP contribution in [0.2, 0.25) is 10.0 Å². The predicted octanol–water partition coefficient (Wildman–Crippen LogP) is 2.52. The van der Waals surface area contributed by atoms with Crippen molar-refractivity contribution in [2.75, 3.05) is 18.5 Å².